The predicted octanol–water partition coefficient (Wildman–Crippen LogP) is 4.98. The summed E-state index contributed by atoms with van der Waals surface area (Å²) in [5.41, 5.74) is 1.62. The molecule has 2 rings (SSSR count). The first kappa shape index (κ1) is 24.2. The van der Waals surface area contributed by atoms with Gasteiger partial charge in [0.2, 0.25) is 0 Å². The number of hydrogen-bond acceptors (Lipinski definition) is 4. The highest BCUT2D eigenvalue weighted by Crippen LogP contribution is 2.62. The summed E-state index contributed by atoms with van der Waals surface area (Å²) < 4.78 is 5.07. The van der Waals surface area contributed by atoms with Gasteiger partial charge in [0.25, 0.3) is 0 Å². The maximum atomic E-state index is 12.1. The Morgan fingerprint density at radius 1 is 1.17 bits per heavy atom. The molecular formula is C24H36O6. The first-order valence-corrected chi connectivity index (χ1v) is 10.9. The summed E-state index contributed by atoms with van der Waals surface area (Å²) in [5, 5.41) is 18.5. The fraction of sp³-hybridized carbons (Fsp3) is 0.708. The Kier molecular flexibility index (Phi) is 7.89. The van der Waals surface area contributed by atoms with Crippen molar-refractivity contribution in [2.24, 2.45) is 22.7 Å². The number of carboxylic acid groups (broad SMARTS) is 2. The molecule has 2 fully saturated rings. The predicted molar refractivity (Wildman–Crippen MR) is 114 cm³/mol. The molecule has 4 atom stereocenters. The van der Waals surface area contributed by atoms with E-state index in [1.54, 1.807) is 0 Å². The quantitative estimate of drug-likeness (QED) is 0.403. The van der Waals surface area contributed by atoms with Crippen LogP contribution in [0.15, 0.2) is 23.8 Å². The fourth-order valence-electron chi connectivity index (χ4n) is 5.77. The van der Waals surface area contributed by atoms with Crippen LogP contribution in [0, 0.1) is 22.7 Å². The van der Waals surface area contributed by atoms with Crippen LogP contribution in [0.4, 0.5) is 0 Å². The van der Waals surface area contributed by atoms with Gasteiger partial charge in [0.05, 0.1) is 18.3 Å². The van der Waals surface area contributed by atoms with Gasteiger partial charge in [-0.25, -0.2) is 0 Å². The molecular weight excluding hydrogens is 384 g/mol. The molecule has 6 nitrogen and oxygen atoms in total. The second kappa shape index (κ2) is 9.80. The summed E-state index contributed by atoms with van der Waals surface area (Å²) >= 11 is 0. The van der Waals surface area contributed by atoms with Gasteiger partial charge in [-0.2, -0.15) is 0 Å². The van der Waals surface area contributed by atoms with Gasteiger partial charge >= 0.3 is 17.9 Å². The van der Waals surface area contributed by atoms with Crippen LogP contribution in [0.1, 0.15) is 78.6 Å². The molecule has 0 bridgehead atoms. The average Bonchev–Trinajstić information content (AvgIpc) is 2.65. The van der Waals surface area contributed by atoms with Crippen molar-refractivity contribution in [3.8, 4) is 0 Å². The standard InChI is InChI=1S/C24H36O6/c1-16(12-15-30-21(27)11-10-20(25)26)6-8-18-17(2)7-9-19-23(18,3)13-5-14-24(19,4)22(28)29/h12,18-19H,2,5-11,13-15H2,1,3-4H3,(H,25,26)(H,28,29)/b16-12+/t18-,19+,23+,24-/m0/s1. The van der Waals surface area contributed by atoms with Crippen molar-refractivity contribution in [2.45, 2.75) is 78.6 Å². The highest BCUT2D eigenvalue weighted by molar-refractivity contribution is 5.76. The SMILES string of the molecule is C=C1CC[C@@H]2[C@](C)(CCC[C@]2(C)C(=O)O)[C@H]1CC/C(C)=C/COC(=O)CCC(=O)O. The van der Waals surface area contributed by atoms with Crippen LogP contribution in [-0.4, -0.2) is 34.7 Å². The molecule has 0 aromatic carbocycles. The summed E-state index contributed by atoms with van der Waals surface area (Å²) in [6, 6.07) is 0. The summed E-state index contributed by atoms with van der Waals surface area (Å²) in [5.74, 6) is -1.75. The van der Waals surface area contributed by atoms with Crippen LogP contribution in [-0.2, 0) is 19.1 Å². The molecule has 0 radical (unpaired) electrons. The molecule has 0 aromatic rings. The van der Waals surface area contributed by atoms with E-state index in [-0.39, 0.29) is 36.7 Å². The van der Waals surface area contributed by atoms with E-state index in [0.29, 0.717) is 0 Å². The fourth-order valence-corrected chi connectivity index (χ4v) is 5.77. The number of aliphatic carboxylic acids is 2. The van der Waals surface area contributed by atoms with Crippen molar-refractivity contribution in [1.29, 1.82) is 0 Å². The highest BCUT2D eigenvalue weighted by atomic mass is 16.5. The minimum absolute atomic E-state index is 0.0513. The molecule has 0 aromatic heterocycles. The lowest BCUT2D eigenvalue weighted by molar-refractivity contribution is -0.164. The number of fused-ring (bicyclic) bond motifs is 1. The molecule has 0 saturated heterocycles. The third-order valence-electron chi connectivity index (χ3n) is 7.55. The van der Waals surface area contributed by atoms with Gasteiger partial charge in [-0.3, -0.25) is 14.4 Å². The largest absolute Gasteiger partial charge is 0.481 e. The summed E-state index contributed by atoms with van der Waals surface area (Å²) in [7, 11) is 0. The number of rotatable bonds is 9. The average molecular weight is 421 g/mol. The number of ether oxygens (including phenoxy) is 1. The lowest BCUT2D eigenvalue weighted by atomic mass is 9.46. The van der Waals surface area contributed by atoms with Gasteiger partial charge in [0.1, 0.15) is 6.61 Å². The van der Waals surface area contributed by atoms with E-state index < -0.39 is 23.3 Å². The van der Waals surface area contributed by atoms with Crippen molar-refractivity contribution in [3.63, 3.8) is 0 Å². The number of carbonyl (C=O) groups is 3. The maximum absolute atomic E-state index is 12.1. The summed E-state index contributed by atoms with van der Waals surface area (Å²) in [6.07, 6.45) is 7.77. The van der Waals surface area contributed by atoms with Crippen LogP contribution in [0.2, 0.25) is 0 Å². The Morgan fingerprint density at radius 3 is 2.50 bits per heavy atom. The minimum Gasteiger partial charge on any atom is -0.481 e. The van der Waals surface area contributed by atoms with Crippen molar-refractivity contribution in [1.82, 2.24) is 0 Å². The lowest BCUT2D eigenvalue weighted by Gasteiger charge is -2.57. The minimum atomic E-state index is -1.01. The molecule has 0 aliphatic heterocycles. The second-order valence-corrected chi connectivity index (χ2v) is 9.55. The van der Waals surface area contributed by atoms with Crippen molar-refractivity contribution in [3.05, 3.63) is 23.8 Å². The third-order valence-corrected chi connectivity index (χ3v) is 7.55. The lowest BCUT2D eigenvalue weighted by Crippen LogP contribution is -2.53. The summed E-state index contributed by atoms with van der Waals surface area (Å²) in [4.78, 5) is 34.1. The van der Waals surface area contributed by atoms with Crippen LogP contribution < -0.4 is 0 Å². The molecule has 2 N–H and O–H groups in total. The molecule has 0 amide bonds. The van der Waals surface area contributed by atoms with Gasteiger partial charge in [-0.05, 0) is 75.7 Å². The van der Waals surface area contributed by atoms with Gasteiger partial charge in [-0.15, -0.1) is 0 Å². The zero-order chi connectivity index (χ0) is 22.5. The number of allylic oxidation sites excluding steroid dienone is 2. The molecule has 6 heteroatoms. The number of hydrogen-bond donors (Lipinski definition) is 2. The van der Waals surface area contributed by atoms with Crippen molar-refractivity contribution in [2.75, 3.05) is 6.61 Å². The third kappa shape index (κ3) is 5.32. The van der Waals surface area contributed by atoms with Crippen molar-refractivity contribution >= 4 is 17.9 Å². The van der Waals surface area contributed by atoms with Gasteiger partial charge in [-0.1, -0.05) is 31.1 Å². The zero-order valence-corrected chi connectivity index (χ0v) is 18.5. The van der Waals surface area contributed by atoms with Crippen molar-refractivity contribution < 1.29 is 29.3 Å². The van der Waals surface area contributed by atoms with Gasteiger partial charge in [0, 0.05) is 0 Å². The van der Waals surface area contributed by atoms with E-state index >= 15 is 0 Å². The molecule has 0 unspecified atom stereocenters. The monoisotopic (exact) mass is 420 g/mol. The molecule has 0 heterocycles. The Balaban J connectivity index is 1.97. The molecule has 2 aliphatic rings. The van der Waals surface area contributed by atoms with E-state index in [4.69, 9.17) is 9.84 Å². The topological polar surface area (TPSA) is 101 Å². The van der Waals surface area contributed by atoms with Crippen LogP contribution in [0.3, 0.4) is 0 Å². The highest BCUT2D eigenvalue weighted by Gasteiger charge is 2.57. The zero-order valence-electron chi connectivity index (χ0n) is 18.5. The van der Waals surface area contributed by atoms with E-state index in [1.807, 2.05) is 19.9 Å². The van der Waals surface area contributed by atoms with Crippen LogP contribution in [0.25, 0.3) is 0 Å². The number of carbonyl (C=O) groups excluding carboxylic acids is 1. The van der Waals surface area contributed by atoms with E-state index in [1.165, 1.54) is 5.57 Å². The Morgan fingerprint density at radius 2 is 1.87 bits per heavy atom. The van der Waals surface area contributed by atoms with Crippen LogP contribution >= 0.6 is 0 Å². The van der Waals surface area contributed by atoms with Crippen LogP contribution in [0.5, 0.6) is 0 Å². The second-order valence-electron chi connectivity index (χ2n) is 9.55. The first-order chi connectivity index (χ1) is 14.0. The number of esters is 1. The Labute approximate surface area is 179 Å². The molecule has 2 saturated carbocycles. The molecule has 168 valence electrons. The molecule has 2 aliphatic carbocycles. The maximum Gasteiger partial charge on any atom is 0.309 e. The van der Waals surface area contributed by atoms with Gasteiger partial charge < -0.3 is 14.9 Å². The number of carboxylic acids is 2. The molecule has 30 heavy (non-hydrogen) atoms. The van der Waals surface area contributed by atoms with E-state index in [9.17, 15) is 19.5 Å². The Hall–Kier alpha value is -2.11. The summed E-state index contributed by atoms with van der Waals surface area (Å²) in [6.45, 7) is 10.7. The molecule has 0 spiro atoms. The van der Waals surface area contributed by atoms with Gasteiger partial charge in [0.15, 0.2) is 0 Å². The first-order valence-electron chi connectivity index (χ1n) is 10.9. The normalized spacial score (nSPS) is 31.7. The van der Waals surface area contributed by atoms with E-state index in [2.05, 4.69) is 13.5 Å². The Bertz CT molecular complexity index is 723. The smallest absolute Gasteiger partial charge is 0.309 e. The van der Waals surface area contributed by atoms with E-state index in [0.717, 1.165) is 50.5 Å².